The number of ether oxygens (including phenoxy) is 1. The monoisotopic (exact) mass is 279 g/mol. The lowest BCUT2D eigenvalue weighted by atomic mass is 10.0. The molecule has 6 nitrogen and oxygen atoms in total. The van der Waals surface area contributed by atoms with E-state index in [2.05, 4.69) is 23.8 Å². The van der Waals surface area contributed by atoms with Crippen LogP contribution < -0.4 is 4.90 Å². The highest BCUT2D eigenvalue weighted by molar-refractivity contribution is 5.72. The number of likely N-dealkylation sites (N-methyl/N-ethyl adjacent to an activating group) is 1. The summed E-state index contributed by atoms with van der Waals surface area (Å²) in [5, 5.41) is 9.23. The first-order valence-corrected chi connectivity index (χ1v) is 6.79. The molecule has 0 saturated carbocycles. The summed E-state index contributed by atoms with van der Waals surface area (Å²) >= 11 is 0. The molecule has 0 aliphatic carbocycles. The van der Waals surface area contributed by atoms with Gasteiger partial charge in [-0.15, -0.1) is 0 Å². The Morgan fingerprint density at radius 1 is 1.45 bits per heavy atom. The highest BCUT2D eigenvalue weighted by Crippen LogP contribution is 2.24. The highest BCUT2D eigenvalue weighted by Gasteiger charge is 2.37. The Bertz CT molecular complexity index is 504. The lowest BCUT2D eigenvalue weighted by Crippen LogP contribution is -2.41. The Hall–Kier alpha value is -1.69. The maximum absolute atomic E-state index is 11.2. The van der Waals surface area contributed by atoms with Gasteiger partial charge in [-0.2, -0.15) is 0 Å². The average Bonchev–Trinajstić information content (AvgIpc) is 2.86. The second-order valence-electron chi connectivity index (χ2n) is 5.55. The normalized spacial score (nSPS) is 22.2. The average molecular weight is 279 g/mol. The molecule has 2 unspecified atom stereocenters. The van der Waals surface area contributed by atoms with Gasteiger partial charge in [-0.25, -0.2) is 9.97 Å². The number of aliphatic carboxylic acids is 1. The molecule has 1 fully saturated rings. The van der Waals surface area contributed by atoms with E-state index in [0.717, 1.165) is 11.4 Å². The first-order valence-electron chi connectivity index (χ1n) is 6.79. The molecule has 110 valence electrons. The van der Waals surface area contributed by atoms with Crippen molar-refractivity contribution in [2.45, 2.75) is 32.7 Å². The third-order valence-corrected chi connectivity index (χ3v) is 3.63. The maximum atomic E-state index is 11.2. The Morgan fingerprint density at radius 3 is 2.75 bits per heavy atom. The molecular weight excluding hydrogens is 258 g/mol. The van der Waals surface area contributed by atoms with Crippen LogP contribution in [0.1, 0.15) is 31.2 Å². The molecule has 1 N–H and O–H groups in total. The zero-order chi connectivity index (χ0) is 14.9. The van der Waals surface area contributed by atoms with Gasteiger partial charge < -0.3 is 14.7 Å². The van der Waals surface area contributed by atoms with Gasteiger partial charge in [0.2, 0.25) is 5.95 Å². The fourth-order valence-electron chi connectivity index (χ4n) is 2.34. The van der Waals surface area contributed by atoms with Crippen LogP contribution in [0.4, 0.5) is 5.95 Å². The van der Waals surface area contributed by atoms with Crippen molar-refractivity contribution in [2.75, 3.05) is 25.2 Å². The molecule has 0 spiro atoms. The minimum absolute atomic E-state index is 0.227. The van der Waals surface area contributed by atoms with Gasteiger partial charge in [0.05, 0.1) is 19.3 Å². The summed E-state index contributed by atoms with van der Waals surface area (Å²) in [4.78, 5) is 22.0. The topological polar surface area (TPSA) is 75.6 Å². The lowest BCUT2D eigenvalue weighted by Gasteiger charge is -2.27. The molecule has 0 amide bonds. The van der Waals surface area contributed by atoms with Crippen molar-refractivity contribution >= 4 is 11.9 Å². The molecule has 0 aromatic carbocycles. The summed E-state index contributed by atoms with van der Waals surface area (Å²) in [5.74, 6) is -0.503. The molecule has 1 aliphatic heterocycles. The summed E-state index contributed by atoms with van der Waals surface area (Å²) in [6, 6.07) is 1.73. The Kier molecular flexibility index (Phi) is 4.23. The van der Waals surface area contributed by atoms with Crippen molar-refractivity contribution in [1.29, 1.82) is 0 Å². The summed E-state index contributed by atoms with van der Waals surface area (Å²) in [7, 11) is 1.83. The molecule has 0 bridgehead atoms. The SMILES string of the molecule is Cc1cc(C(C)C)nc(N(C)C2COCC2C(=O)O)n1. The number of hydrogen-bond donors (Lipinski definition) is 1. The molecule has 1 aliphatic rings. The van der Waals surface area contributed by atoms with Crippen molar-refractivity contribution in [2.24, 2.45) is 5.92 Å². The predicted molar refractivity (Wildman–Crippen MR) is 75.0 cm³/mol. The van der Waals surface area contributed by atoms with Gasteiger partial charge in [0, 0.05) is 18.4 Å². The molecule has 1 saturated heterocycles. The number of hydrogen-bond acceptors (Lipinski definition) is 5. The van der Waals surface area contributed by atoms with Gasteiger partial charge >= 0.3 is 5.97 Å². The number of carboxylic acid groups (broad SMARTS) is 1. The number of carbonyl (C=O) groups is 1. The summed E-state index contributed by atoms with van der Waals surface area (Å²) in [6.07, 6.45) is 0. The Labute approximate surface area is 118 Å². The van der Waals surface area contributed by atoms with Gasteiger partial charge in [-0.3, -0.25) is 4.79 Å². The number of carboxylic acids is 1. The van der Waals surface area contributed by atoms with Crippen LogP contribution in [-0.4, -0.2) is 47.3 Å². The van der Waals surface area contributed by atoms with E-state index in [1.165, 1.54) is 0 Å². The van der Waals surface area contributed by atoms with Crippen LogP contribution in [-0.2, 0) is 9.53 Å². The molecule has 2 rings (SSSR count). The highest BCUT2D eigenvalue weighted by atomic mass is 16.5. The van der Waals surface area contributed by atoms with Crippen LogP contribution in [0, 0.1) is 12.8 Å². The summed E-state index contributed by atoms with van der Waals surface area (Å²) in [6.45, 7) is 6.70. The second-order valence-corrected chi connectivity index (χ2v) is 5.55. The van der Waals surface area contributed by atoms with E-state index in [1.54, 1.807) is 0 Å². The smallest absolute Gasteiger partial charge is 0.311 e. The van der Waals surface area contributed by atoms with E-state index < -0.39 is 11.9 Å². The van der Waals surface area contributed by atoms with Gasteiger partial charge in [0.15, 0.2) is 0 Å². The quantitative estimate of drug-likeness (QED) is 0.899. The van der Waals surface area contributed by atoms with E-state index in [0.29, 0.717) is 18.5 Å². The van der Waals surface area contributed by atoms with E-state index in [9.17, 15) is 9.90 Å². The van der Waals surface area contributed by atoms with Gasteiger partial charge in [-0.1, -0.05) is 13.8 Å². The fraction of sp³-hybridized carbons (Fsp3) is 0.643. The fourth-order valence-corrected chi connectivity index (χ4v) is 2.34. The first-order chi connectivity index (χ1) is 9.40. The molecule has 2 heterocycles. The Balaban J connectivity index is 2.28. The number of nitrogens with zero attached hydrogens (tertiary/aromatic N) is 3. The van der Waals surface area contributed by atoms with Crippen molar-refractivity contribution in [3.63, 3.8) is 0 Å². The molecular formula is C14H21N3O3. The van der Waals surface area contributed by atoms with Crippen molar-refractivity contribution in [3.8, 4) is 0 Å². The lowest BCUT2D eigenvalue weighted by molar-refractivity contribution is -0.141. The van der Waals surface area contributed by atoms with Crippen LogP contribution in [0.3, 0.4) is 0 Å². The number of aromatic nitrogens is 2. The number of aryl methyl sites for hydroxylation is 1. The first kappa shape index (κ1) is 14.7. The van der Waals surface area contributed by atoms with Crippen molar-refractivity contribution < 1.29 is 14.6 Å². The largest absolute Gasteiger partial charge is 0.481 e. The molecule has 1 aromatic heterocycles. The third-order valence-electron chi connectivity index (χ3n) is 3.63. The molecule has 0 radical (unpaired) electrons. The Morgan fingerprint density at radius 2 is 2.15 bits per heavy atom. The number of anilines is 1. The van der Waals surface area contributed by atoms with Crippen LogP contribution in [0.5, 0.6) is 0 Å². The van der Waals surface area contributed by atoms with Gasteiger partial charge in [0.1, 0.15) is 5.92 Å². The molecule has 20 heavy (non-hydrogen) atoms. The minimum atomic E-state index is -0.837. The number of rotatable bonds is 4. The van der Waals surface area contributed by atoms with Crippen molar-refractivity contribution in [1.82, 2.24) is 9.97 Å². The van der Waals surface area contributed by atoms with E-state index >= 15 is 0 Å². The van der Waals surface area contributed by atoms with Gasteiger partial charge in [-0.05, 0) is 18.9 Å². The molecule has 1 aromatic rings. The second kappa shape index (κ2) is 5.75. The van der Waals surface area contributed by atoms with E-state index in [1.807, 2.05) is 24.9 Å². The maximum Gasteiger partial charge on any atom is 0.311 e. The predicted octanol–water partition coefficient (Wildman–Crippen LogP) is 1.44. The standard InChI is InChI=1S/C14H21N3O3/c1-8(2)11-5-9(3)15-14(16-11)17(4)12-7-20-6-10(12)13(18)19/h5,8,10,12H,6-7H2,1-4H3,(H,18,19). The van der Waals surface area contributed by atoms with Crippen molar-refractivity contribution in [3.05, 3.63) is 17.5 Å². The van der Waals surface area contributed by atoms with E-state index in [-0.39, 0.29) is 12.6 Å². The molecule has 6 heteroatoms. The van der Waals surface area contributed by atoms with E-state index in [4.69, 9.17) is 4.74 Å². The summed E-state index contributed by atoms with van der Waals surface area (Å²) in [5.41, 5.74) is 1.85. The van der Waals surface area contributed by atoms with Crippen LogP contribution in [0.25, 0.3) is 0 Å². The zero-order valence-electron chi connectivity index (χ0n) is 12.3. The zero-order valence-corrected chi connectivity index (χ0v) is 12.3. The minimum Gasteiger partial charge on any atom is -0.481 e. The third kappa shape index (κ3) is 2.90. The van der Waals surface area contributed by atoms with Crippen LogP contribution in [0.2, 0.25) is 0 Å². The van der Waals surface area contributed by atoms with Gasteiger partial charge in [0.25, 0.3) is 0 Å². The van der Waals surface area contributed by atoms with Crippen LogP contribution >= 0.6 is 0 Å². The molecule has 2 atom stereocenters. The summed E-state index contributed by atoms with van der Waals surface area (Å²) < 4.78 is 5.30. The van der Waals surface area contributed by atoms with Crippen LogP contribution in [0.15, 0.2) is 6.07 Å².